The summed E-state index contributed by atoms with van der Waals surface area (Å²) in [4.78, 5) is 22.4. The normalized spacial score (nSPS) is 11.5. The van der Waals surface area contributed by atoms with E-state index in [1.54, 1.807) is 37.2 Å². The van der Waals surface area contributed by atoms with Gasteiger partial charge in [-0.3, -0.25) is 24.9 Å². The van der Waals surface area contributed by atoms with Gasteiger partial charge in [0.15, 0.2) is 0 Å². The molecule has 40 heavy (non-hydrogen) atoms. The molecule has 0 atom stereocenters. The van der Waals surface area contributed by atoms with Crippen molar-refractivity contribution in [2.24, 2.45) is 0 Å². The van der Waals surface area contributed by atoms with E-state index in [0.717, 1.165) is 44.9 Å². The molecule has 0 radical (unpaired) electrons. The Morgan fingerprint density at radius 2 is 0.950 bits per heavy atom. The molecule has 0 spiro atoms. The van der Waals surface area contributed by atoms with Crippen LogP contribution in [-0.2, 0) is 0 Å². The van der Waals surface area contributed by atoms with Crippen LogP contribution in [0.15, 0.2) is 128 Å². The van der Waals surface area contributed by atoms with Crippen molar-refractivity contribution in [2.75, 3.05) is 0 Å². The van der Waals surface area contributed by atoms with Gasteiger partial charge in [-0.15, -0.1) is 0 Å². The van der Waals surface area contributed by atoms with Crippen LogP contribution in [0.2, 0.25) is 0 Å². The second-order valence-corrected chi connectivity index (χ2v) is 9.84. The van der Waals surface area contributed by atoms with Gasteiger partial charge in [-0.1, -0.05) is 54.6 Å². The summed E-state index contributed by atoms with van der Waals surface area (Å²) in [6.45, 7) is 0. The Labute approximate surface area is 230 Å². The van der Waals surface area contributed by atoms with Gasteiger partial charge in [-0.25, -0.2) is 0 Å². The fourth-order valence-corrected chi connectivity index (χ4v) is 5.77. The number of nitrogens with zero attached hydrogens (tertiary/aromatic N) is 5. The van der Waals surface area contributed by atoms with Crippen LogP contribution in [0.5, 0.6) is 0 Å². The fourth-order valence-electron chi connectivity index (χ4n) is 5.77. The molecule has 0 fully saturated rings. The van der Waals surface area contributed by atoms with Crippen molar-refractivity contribution in [3.8, 4) is 44.9 Å². The molecule has 3 heterocycles. The van der Waals surface area contributed by atoms with Crippen molar-refractivity contribution in [1.82, 2.24) is 24.9 Å². The van der Waals surface area contributed by atoms with E-state index >= 15 is 0 Å². The molecule has 0 N–H and O–H groups in total. The number of rotatable bonds is 4. The molecule has 5 nitrogen and oxygen atoms in total. The first kappa shape index (κ1) is 22.4. The minimum atomic E-state index is 0.812. The van der Waals surface area contributed by atoms with Gasteiger partial charge in [0.05, 0.1) is 29.5 Å². The van der Waals surface area contributed by atoms with Crippen molar-refractivity contribution in [1.29, 1.82) is 0 Å². The average Bonchev–Trinajstić information content (AvgIpc) is 3.04. The van der Waals surface area contributed by atoms with E-state index in [1.165, 1.54) is 32.3 Å². The molecule has 0 bridgehead atoms. The number of hydrogen-bond acceptors (Lipinski definition) is 5. The van der Waals surface area contributed by atoms with Crippen LogP contribution < -0.4 is 0 Å². The van der Waals surface area contributed by atoms with Gasteiger partial charge in [-0.05, 0) is 73.8 Å². The first-order valence-electron chi connectivity index (χ1n) is 13.1. The van der Waals surface area contributed by atoms with Gasteiger partial charge in [0.25, 0.3) is 0 Å². The zero-order valence-electron chi connectivity index (χ0n) is 21.4. The largest absolute Gasteiger partial charge is 0.261 e. The van der Waals surface area contributed by atoms with E-state index in [2.05, 4.69) is 97.7 Å². The molecular formula is C35H21N5. The van der Waals surface area contributed by atoms with Crippen LogP contribution in [0.1, 0.15) is 0 Å². The summed E-state index contributed by atoms with van der Waals surface area (Å²) in [6, 6.07) is 30.3. The maximum atomic E-state index is 4.65. The summed E-state index contributed by atoms with van der Waals surface area (Å²) >= 11 is 0. The zero-order valence-corrected chi connectivity index (χ0v) is 21.4. The highest BCUT2D eigenvalue weighted by molar-refractivity contribution is 6.27. The first-order chi connectivity index (χ1) is 19.8. The van der Waals surface area contributed by atoms with E-state index in [9.17, 15) is 0 Å². The quantitative estimate of drug-likeness (QED) is 0.223. The molecule has 186 valence electrons. The lowest BCUT2D eigenvalue weighted by Gasteiger charge is -2.17. The molecule has 0 saturated carbocycles. The second kappa shape index (κ2) is 9.03. The van der Waals surface area contributed by atoms with Crippen LogP contribution in [0.4, 0.5) is 0 Å². The highest BCUT2D eigenvalue weighted by atomic mass is 14.8. The molecule has 0 amide bonds. The summed E-state index contributed by atoms with van der Waals surface area (Å²) < 4.78 is 0. The predicted octanol–water partition coefficient (Wildman–Crippen LogP) is 8.23. The lowest BCUT2D eigenvalue weighted by Crippen LogP contribution is -1.92. The van der Waals surface area contributed by atoms with Gasteiger partial charge < -0.3 is 0 Å². The molecule has 5 heteroatoms. The summed E-state index contributed by atoms with van der Waals surface area (Å²) in [5.41, 5.74) is 7.95. The molecule has 0 saturated heterocycles. The number of aromatic nitrogens is 5. The predicted molar refractivity (Wildman–Crippen MR) is 161 cm³/mol. The van der Waals surface area contributed by atoms with Gasteiger partial charge in [0, 0.05) is 47.7 Å². The number of benzene rings is 5. The standard InChI is InChI=1S/C35H21N5/c1-2-12-38-31(3-1)28-9-5-23-6-10-29-27(8-4-22-7-11-30(28)35(23)34(22)29)24-17-25(32-20-36-13-15-39-32)19-26(18-24)33-21-37-14-16-40-33/h1-21H. The van der Waals surface area contributed by atoms with Crippen LogP contribution in [-0.4, -0.2) is 24.9 Å². The molecule has 0 unspecified atom stereocenters. The van der Waals surface area contributed by atoms with Gasteiger partial charge in [-0.2, -0.15) is 0 Å². The van der Waals surface area contributed by atoms with Crippen LogP contribution in [0, 0.1) is 0 Å². The lowest BCUT2D eigenvalue weighted by atomic mass is 9.87. The third kappa shape index (κ3) is 3.60. The summed E-state index contributed by atoms with van der Waals surface area (Å²) in [6.07, 6.45) is 12.3. The van der Waals surface area contributed by atoms with Crippen molar-refractivity contribution in [2.45, 2.75) is 0 Å². The Morgan fingerprint density at radius 1 is 0.400 bits per heavy atom. The lowest BCUT2D eigenvalue weighted by molar-refractivity contribution is 1.20. The number of pyridine rings is 1. The monoisotopic (exact) mass is 511 g/mol. The highest BCUT2D eigenvalue weighted by Crippen LogP contribution is 2.43. The van der Waals surface area contributed by atoms with E-state index in [4.69, 9.17) is 0 Å². The maximum Gasteiger partial charge on any atom is 0.0885 e. The minimum Gasteiger partial charge on any atom is -0.261 e. The molecule has 0 aliphatic carbocycles. The van der Waals surface area contributed by atoms with Crippen molar-refractivity contribution >= 4 is 32.3 Å². The average molecular weight is 512 g/mol. The topological polar surface area (TPSA) is 64.5 Å². The maximum absolute atomic E-state index is 4.65. The van der Waals surface area contributed by atoms with Crippen LogP contribution >= 0.6 is 0 Å². The van der Waals surface area contributed by atoms with Crippen LogP contribution in [0.25, 0.3) is 77.2 Å². The molecule has 0 aliphatic rings. The van der Waals surface area contributed by atoms with Crippen molar-refractivity contribution in [3.05, 3.63) is 128 Å². The third-order valence-electron chi connectivity index (χ3n) is 7.57. The molecule has 0 aliphatic heterocycles. The number of hydrogen-bond donors (Lipinski definition) is 0. The molecule has 8 rings (SSSR count). The Hall–Kier alpha value is -5.55. The molecule has 8 aromatic rings. The zero-order chi connectivity index (χ0) is 26.5. The van der Waals surface area contributed by atoms with Crippen LogP contribution in [0.3, 0.4) is 0 Å². The van der Waals surface area contributed by atoms with E-state index in [0.29, 0.717) is 0 Å². The first-order valence-corrected chi connectivity index (χ1v) is 13.1. The Kier molecular flexibility index (Phi) is 5.07. The van der Waals surface area contributed by atoms with Crippen molar-refractivity contribution in [3.63, 3.8) is 0 Å². The van der Waals surface area contributed by atoms with E-state index in [-0.39, 0.29) is 0 Å². The summed E-state index contributed by atoms with van der Waals surface area (Å²) in [5.74, 6) is 0. The smallest absolute Gasteiger partial charge is 0.0885 e. The van der Waals surface area contributed by atoms with Gasteiger partial charge >= 0.3 is 0 Å². The molecule has 3 aromatic heterocycles. The van der Waals surface area contributed by atoms with Gasteiger partial charge in [0.1, 0.15) is 0 Å². The highest BCUT2D eigenvalue weighted by Gasteiger charge is 2.16. The Bertz CT molecular complexity index is 2090. The third-order valence-corrected chi connectivity index (χ3v) is 7.57. The molecule has 5 aromatic carbocycles. The summed E-state index contributed by atoms with van der Waals surface area (Å²) in [7, 11) is 0. The fraction of sp³-hybridized carbons (Fsp3) is 0. The Balaban J connectivity index is 1.41. The van der Waals surface area contributed by atoms with E-state index < -0.39 is 0 Å². The second-order valence-electron chi connectivity index (χ2n) is 9.84. The summed E-state index contributed by atoms with van der Waals surface area (Å²) in [5, 5.41) is 7.37. The minimum absolute atomic E-state index is 0.812. The van der Waals surface area contributed by atoms with E-state index in [1.807, 2.05) is 18.3 Å². The Morgan fingerprint density at radius 3 is 1.52 bits per heavy atom. The molecular weight excluding hydrogens is 490 g/mol. The van der Waals surface area contributed by atoms with Gasteiger partial charge in [0.2, 0.25) is 0 Å². The SMILES string of the molecule is c1ccc(-c2ccc3ccc4c(-c5cc(-c6cnccn6)cc(-c6cnccn6)c5)ccc5ccc2c3c54)nc1. The van der Waals surface area contributed by atoms with Crippen molar-refractivity contribution < 1.29 is 0 Å².